The highest BCUT2D eigenvalue weighted by Crippen LogP contribution is 2.30. The van der Waals surface area contributed by atoms with E-state index in [1.165, 1.54) is 6.07 Å². The average Bonchev–Trinajstić information content (AvgIpc) is 3.09. The Morgan fingerprint density at radius 2 is 2.15 bits per heavy atom. The number of aromatic nitrogens is 2. The molecule has 0 radical (unpaired) electrons. The molecule has 6 heteroatoms. The van der Waals surface area contributed by atoms with Crippen LogP contribution in [0.3, 0.4) is 0 Å². The molecule has 2 heterocycles. The summed E-state index contributed by atoms with van der Waals surface area (Å²) in [6.07, 6.45) is 3.10. The average molecular weight is 366 g/mol. The molecule has 4 rings (SSSR count). The summed E-state index contributed by atoms with van der Waals surface area (Å²) in [7, 11) is 0. The fourth-order valence-corrected chi connectivity index (χ4v) is 3.73. The molecule has 1 fully saturated rings. The van der Waals surface area contributed by atoms with Gasteiger partial charge in [0, 0.05) is 0 Å². The van der Waals surface area contributed by atoms with Gasteiger partial charge in [0.05, 0.1) is 29.3 Å². The minimum absolute atomic E-state index is 0.0688. The van der Waals surface area contributed by atoms with Gasteiger partial charge in [0.25, 0.3) is 0 Å². The lowest BCUT2D eigenvalue weighted by molar-refractivity contribution is -0.118. The SMILES string of the molecule is Cc1ccc(F)c(NC(=O)CN2CCCC[C@@H]2c2nc3ccccc3[nH]2)c1. The van der Waals surface area contributed by atoms with E-state index >= 15 is 0 Å². The maximum Gasteiger partial charge on any atom is 0.238 e. The second-order valence-electron chi connectivity index (χ2n) is 7.15. The number of piperidine rings is 1. The molecule has 3 aromatic rings. The van der Waals surface area contributed by atoms with Crippen molar-refractivity contribution in [2.45, 2.75) is 32.2 Å². The smallest absolute Gasteiger partial charge is 0.238 e. The number of aromatic amines is 1. The predicted molar refractivity (Wildman–Crippen MR) is 104 cm³/mol. The zero-order valence-electron chi connectivity index (χ0n) is 15.3. The van der Waals surface area contributed by atoms with E-state index in [9.17, 15) is 9.18 Å². The molecule has 1 saturated heterocycles. The number of nitrogens with zero attached hydrogens (tertiary/aromatic N) is 2. The molecule has 0 unspecified atom stereocenters. The molecule has 0 saturated carbocycles. The van der Waals surface area contributed by atoms with E-state index in [1.54, 1.807) is 12.1 Å². The van der Waals surface area contributed by atoms with Gasteiger partial charge in [0.15, 0.2) is 0 Å². The zero-order chi connectivity index (χ0) is 18.8. The van der Waals surface area contributed by atoms with Crippen LogP contribution in [0.2, 0.25) is 0 Å². The number of fused-ring (bicyclic) bond motifs is 1. The minimum atomic E-state index is -0.415. The maximum absolute atomic E-state index is 13.9. The Hall–Kier alpha value is -2.73. The van der Waals surface area contributed by atoms with Crippen LogP contribution in [0.4, 0.5) is 10.1 Å². The highest BCUT2D eigenvalue weighted by molar-refractivity contribution is 5.92. The van der Waals surface area contributed by atoms with Crippen molar-refractivity contribution in [1.82, 2.24) is 14.9 Å². The van der Waals surface area contributed by atoms with Crippen molar-refractivity contribution in [3.8, 4) is 0 Å². The van der Waals surface area contributed by atoms with Crippen LogP contribution in [0, 0.1) is 12.7 Å². The summed E-state index contributed by atoms with van der Waals surface area (Å²) in [6.45, 7) is 2.91. The number of likely N-dealkylation sites (tertiary alicyclic amines) is 1. The van der Waals surface area contributed by atoms with Crippen molar-refractivity contribution in [3.63, 3.8) is 0 Å². The summed E-state index contributed by atoms with van der Waals surface area (Å²) in [4.78, 5) is 22.8. The molecule has 1 atom stereocenters. The molecule has 2 aromatic carbocycles. The number of imidazole rings is 1. The number of aryl methyl sites for hydroxylation is 1. The first-order chi connectivity index (χ1) is 13.1. The van der Waals surface area contributed by atoms with Crippen LogP contribution in [0.25, 0.3) is 11.0 Å². The largest absolute Gasteiger partial charge is 0.341 e. The predicted octanol–water partition coefficient (Wildman–Crippen LogP) is 4.18. The number of halogens is 1. The Labute approximate surface area is 157 Å². The number of hydrogen-bond acceptors (Lipinski definition) is 3. The summed E-state index contributed by atoms with van der Waals surface area (Å²) in [5.74, 6) is 0.273. The van der Waals surface area contributed by atoms with Gasteiger partial charge in [-0.15, -0.1) is 0 Å². The fourth-order valence-electron chi connectivity index (χ4n) is 3.73. The monoisotopic (exact) mass is 366 g/mol. The van der Waals surface area contributed by atoms with Crippen LogP contribution < -0.4 is 5.32 Å². The number of hydrogen-bond donors (Lipinski definition) is 2. The van der Waals surface area contributed by atoms with Crippen molar-refractivity contribution in [1.29, 1.82) is 0 Å². The standard InChI is InChI=1S/C21H23FN4O/c1-14-9-10-15(22)18(12-14)23-20(27)13-26-11-5-4-8-19(26)21-24-16-6-2-3-7-17(16)25-21/h2-3,6-7,9-10,12,19H,4-5,8,11,13H2,1H3,(H,23,27)(H,24,25)/t19-/m1/s1. The third kappa shape index (κ3) is 3.85. The second kappa shape index (κ2) is 7.48. The molecule has 1 amide bonds. The van der Waals surface area contributed by atoms with Crippen LogP contribution in [0.15, 0.2) is 42.5 Å². The van der Waals surface area contributed by atoms with Crippen molar-refractivity contribution in [3.05, 3.63) is 59.7 Å². The van der Waals surface area contributed by atoms with Crippen LogP contribution in [0.5, 0.6) is 0 Å². The molecule has 5 nitrogen and oxygen atoms in total. The summed E-state index contributed by atoms with van der Waals surface area (Å²) in [5.41, 5.74) is 3.08. The first kappa shape index (κ1) is 17.7. The van der Waals surface area contributed by atoms with E-state index in [2.05, 4.69) is 15.2 Å². The third-order valence-corrected chi connectivity index (χ3v) is 5.08. The van der Waals surface area contributed by atoms with Gasteiger partial charge >= 0.3 is 0 Å². The summed E-state index contributed by atoms with van der Waals surface area (Å²) < 4.78 is 13.9. The van der Waals surface area contributed by atoms with Crippen molar-refractivity contribution >= 4 is 22.6 Å². The molecule has 0 spiro atoms. The van der Waals surface area contributed by atoms with Gasteiger partial charge in [-0.05, 0) is 56.1 Å². The van der Waals surface area contributed by atoms with Gasteiger partial charge in [-0.2, -0.15) is 0 Å². The van der Waals surface area contributed by atoms with Gasteiger partial charge in [0.2, 0.25) is 5.91 Å². The van der Waals surface area contributed by atoms with Crippen molar-refractivity contribution in [2.75, 3.05) is 18.4 Å². The quantitative estimate of drug-likeness (QED) is 0.728. The Morgan fingerprint density at radius 3 is 3.00 bits per heavy atom. The number of H-pyrrole nitrogens is 1. The van der Waals surface area contributed by atoms with E-state index in [4.69, 9.17) is 4.98 Å². The minimum Gasteiger partial charge on any atom is -0.341 e. The summed E-state index contributed by atoms with van der Waals surface area (Å²) in [6, 6.07) is 12.7. The topological polar surface area (TPSA) is 61.0 Å². The van der Waals surface area contributed by atoms with E-state index in [-0.39, 0.29) is 24.2 Å². The lowest BCUT2D eigenvalue weighted by atomic mass is 10.0. The molecular weight excluding hydrogens is 343 g/mol. The first-order valence-corrected chi connectivity index (χ1v) is 9.35. The number of nitrogens with one attached hydrogen (secondary N) is 2. The number of carbonyl (C=O) groups excluding carboxylic acids is 1. The lowest BCUT2D eigenvalue weighted by Crippen LogP contribution is -2.39. The molecule has 1 aromatic heterocycles. The third-order valence-electron chi connectivity index (χ3n) is 5.08. The molecule has 27 heavy (non-hydrogen) atoms. The Balaban J connectivity index is 1.50. The molecule has 0 bridgehead atoms. The number of carbonyl (C=O) groups is 1. The van der Waals surface area contributed by atoms with Crippen molar-refractivity contribution < 1.29 is 9.18 Å². The van der Waals surface area contributed by atoms with Gasteiger partial charge in [-0.3, -0.25) is 9.69 Å². The second-order valence-corrected chi connectivity index (χ2v) is 7.15. The molecule has 140 valence electrons. The van der Waals surface area contributed by atoms with E-state index in [0.717, 1.165) is 48.2 Å². The van der Waals surface area contributed by atoms with E-state index in [0.29, 0.717) is 0 Å². The van der Waals surface area contributed by atoms with E-state index < -0.39 is 5.82 Å². The van der Waals surface area contributed by atoms with Gasteiger partial charge in [-0.25, -0.2) is 9.37 Å². The van der Waals surface area contributed by atoms with Gasteiger partial charge < -0.3 is 10.3 Å². The maximum atomic E-state index is 13.9. The number of rotatable bonds is 4. The zero-order valence-corrected chi connectivity index (χ0v) is 15.3. The van der Waals surface area contributed by atoms with Crippen LogP contribution in [-0.4, -0.2) is 33.9 Å². The van der Waals surface area contributed by atoms with E-state index in [1.807, 2.05) is 31.2 Å². The fraction of sp³-hybridized carbons (Fsp3) is 0.333. The highest BCUT2D eigenvalue weighted by atomic mass is 19.1. The molecule has 0 aliphatic carbocycles. The number of benzene rings is 2. The Morgan fingerprint density at radius 1 is 1.30 bits per heavy atom. The van der Waals surface area contributed by atoms with Gasteiger partial charge in [0.1, 0.15) is 11.6 Å². The molecule has 1 aliphatic rings. The molecule has 2 N–H and O–H groups in total. The van der Waals surface area contributed by atoms with Crippen LogP contribution in [-0.2, 0) is 4.79 Å². The summed E-state index contributed by atoms with van der Waals surface area (Å²) >= 11 is 0. The highest BCUT2D eigenvalue weighted by Gasteiger charge is 2.28. The summed E-state index contributed by atoms with van der Waals surface area (Å²) in [5, 5.41) is 2.71. The lowest BCUT2D eigenvalue weighted by Gasteiger charge is -2.33. The van der Waals surface area contributed by atoms with Crippen LogP contribution >= 0.6 is 0 Å². The van der Waals surface area contributed by atoms with Gasteiger partial charge in [-0.1, -0.05) is 24.6 Å². The molecule has 1 aliphatic heterocycles. The Bertz CT molecular complexity index is 935. The first-order valence-electron chi connectivity index (χ1n) is 9.35. The van der Waals surface area contributed by atoms with Crippen molar-refractivity contribution in [2.24, 2.45) is 0 Å². The molecular formula is C21H23FN4O. The normalized spacial score (nSPS) is 17.9. The number of amides is 1. The Kier molecular flexibility index (Phi) is 4.90. The number of anilines is 1. The van der Waals surface area contributed by atoms with Crippen LogP contribution in [0.1, 0.15) is 36.7 Å². The number of para-hydroxylation sites is 2.